The number of nitrogens with two attached hydrogens (primary N) is 2. The normalized spacial score (nSPS) is 13.2. The molecule has 0 radical (unpaired) electrons. The Hall–Kier alpha value is -1.10. The topological polar surface area (TPSA) is 93.5 Å². The Balaban J connectivity index is 4.06. The van der Waals surface area contributed by atoms with Crippen LogP contribution in [0.15, 0.2) is 4.99 Å². The van der Waals surface area contributed by atoms with E-state index >= 15 is 0 Å². The van der Waals surface area contributed by atoms with Crippen molar-refractivity contribution in [2.24, 2.45) is 16.5 Å². The van der Waals surface area contributed by atoms with E-state index < -0.39 is 0 Å². The molecule has 0 rings (SSSR count). The number of hydrogen-bond donors (Lipinski definition) is 3. The third kappa shape index (κ3) is 8.23. The molecule has 16 heavy (non-hydrogen) atoms. The molecule has 0 amide bonds. The minimum atomic E-state index is -0.116. The van der Waals surface area contributed by atoms with Gasteiger partial charge in [0, 0.05) is 12.1 Å². The highest BCUT2D eigenvalue weighted by Crippen LogP contribution is 2.07. The maximum absolute atomic E-state index is 11.4. The zero-order chi connectivity index (χ0) is 12.8. The first kappa shape index (κ1) is 14.9. The number of nitrogens with zero attached hydrogens (tertiary/aromatic N) is 1. The monoisotopic (exact) mass is 228 g/mol. The third-order valence-corrected chi connectivity index (χ3v) is 2.04. The second-order valence-corrected chi connectivity index (χ2v) is 5.01. The van der Waals surface area contributed by atoms with Gasteiger partial charge in [0.25, 0.3) is 0 Å². The maximum Gasteiger partial charge on any atom is 0.185 e. The highest BCUT2D eigenvalue weighted by molar-refractivity contribution is 5.81. The van der Waals surface area contributed by atoms with Crippen molar-refractivity contribution in [3.63, 3.8) is 0 Å². The van der Waals surface area contributed by atoms with Crippen molar-refractivity contribution < 1.29 is 4.79 Å². The number of guanidine groups is 1. The molecule has 5 heteroatoms. The summed E-state index contributed by atoms with van der Waals surface area (Å²) in [4.78, 5) is 15.3. The Kier molecular flexibility index (Phi) is 6.03. The van der Waals surface area contributed by atoms with Gasteiger partial charge in [0.05, 0.1) is 6.04 Å². The van der Waals surface area contributed by atoms with Crippen LogP contribution in [0.5, 0.6) is 0 Å². The lowest BCUT2D eigenvalue weighted by Gasteiger charge is -2.26. The van der Waals surface area contributed by atoms with E-state index in [1.165, 1.54) is 0 Å². The average Bonchev–Trinajstić information content (AvgIpc) is 2.07. The van der Waals surface area contributed by atoms with E-state index in [2.05, 4.69) is 10.3 Å². The first-order valence-electron chi connectivity index (χ1n) is 5.56. The molecule has 5 N–H and O–H groups in total. The number of carbonyl (C=O) groups excluding carboxylic acids is 1. The van der Waals surface area contributed by atoms with Crippen LogP contribution in [0.25, 0.3) is 0 Å². The Morgan fingerprint density at radius 3 is 2.31 bits per heavy atom. The van der Waals surface area contributed by atoms with Crippen LogP contribution in [0.2, 0.25) is 0 Å². The van der Waals surface area contributed by atoms with Gasteiger partial charge in [0.15, 0.2) is 5.96 Å². The van der Waals surface area contributed by atoms with Gasteiger partial charge >= 0.3 is 0 Å². The van der Waals surface area contributed by atoms with Crippen LogP contribution in [0.4, 0.5) is 0 Å². The first-order chi connectivity index (χ1) is 7.22. The number of carbonyl (C=O) groups is 1. The number of Topliss-reactive ketones (excluding diaryl/α,β-unsaturated/α-hetero) is 1. The second-order valence-electron chi connectivity index (χ2n) is 5.01. The van der Waals surface area contributed by atoms with Crippen LogP contribution in [0, 0.1) is 0 Å². The number of nitrogens with one attached hydrogen (secondary N) is 1. The smallest absolute Gasteiger partial charge is 0.185 e. The fourth-order valence-electron chi connectivity index (χ4n) is 1.40. The highest BCUT2D eigenvalue weighted by atomic mass is 16.1. The molecule has 0 aliphatic carbocycles. The van der Waals surface area contributed by atoms with Gasteiger partial charge in [0.2, 0.25) is 0 Å². The fourth-order valence-corrected chi connectivity index (χ4v) is 1.40. The largest absolute Gasteiger partial charge is 0.370 e. The molecule has 0 aromatic heterocycles. The van der Waals surface area contributed by atoms with Crippen LogP contribution in [-0.4, -0.2) is 29.9 Å². The molecule has 5 nitrogen and oxygen atoms in total. The van der Waals surface area contributed by atoms with Gasteiger partial charge in [-0.1, -0.05) is 0 Å². The molecule has 0 unspecified atom stereocenters. The van der Waals surface area contributed by atoms with E-state index in [0.717, 1.165) is 12.8 Å². The Morgan fingerprint density at radius 1 is 1.38 bits per heavy atom. The summed E-state index contributed by atoms with van der Waals surface area (Å²) in [5, 5.41) is 3.28. The zero-order valence-electron chi connectivity index (χ0n) is 10.7. The molecule has 94 valence electrons. The minimum absolute atomic E-state index is 0.0630. The lowest BCUT2D eigenvalue weighted by atomic mass is 10.0. The van der Waals surface area contributed by atoms with E-state index in [1.54, 1.807) is 6.92 Å². The van der Waals surface area contributed by atoms with Gasteiger partial charge in [-0.15, -0.1) is 0 Å². The average molecular weight is 228 g/mol. The SMILES string of the molecule is CC(=O)[C@H](CCCN=C(N)N)NC(C)(C)C. The lowest BCUT2D eigenvalue weighted by Crippen LogP contribution is -2.47. The quantitative estimate of drug-likeness (QED) is 0.348. The second kappa shape index (κ2) is 6.48. The van der Waals surface area contributed by atoms with Crippen LogP contribution >= 0.6 is 0 Å². The molecule has 0 heterocycles. The molecule has 0 fully saturated rings. The van der Waals surface area contributed by atoms with E-state index in [4.69, 9.17) is 11.5 Å². The van der Waals surface area contributed by atoms with Crippen LogP contribution in [0.1, 0.15) is 40.5 Å². The molecule has 0 aromatic carbocycles. The summed E-state index contributed by atoms with van der Waals surface area (Å²) in [5.74, 6) is 0.253. The summed E-state index contributed by atoms with van der Waals surface area (Å²) in [6.45, 7) is 8.29. The van der Waals surface area contributed by atoms with Crippen molar-refractivity contribution >= 4 is 11.7 Å². The molecule has 0 spiro atoms. The summed E-state index contributed by atoms with van der Waals surface area (Å²) in [5.41, 5.74) is 10.4. The summed E-state index contributed by atoms with van der Waals surface area (Å²) < 4.78 is 0. The minimum Gasteiger partial charge on any atom is -0.370 e. The van der Waals surface area contributed by atoms with E-state index in [0.29, 0.717) is 6.54 Å². The number of aliphatic imine (C=N–C) groups is 1. The first-order valence-corrected chi connectivity index (χ1v) is 5.56. The predicted octanol–water partition coefficient (Wildman–Crippen LogP) is 0.386. The van der Waals surface area contributed by atoms with Crippen molar-refractivity contribution in [2.75, 3.05) is 6.54 Å². The molecular formula is C11H24N4O. The van der Waals surface area contributed by atoms with Gasteiger partial charge in [-0.05, 0) is 40.5 Å². The molecule has 0 aromatic rings. The van der Waals surface area contributed by atoms with Crippen molar-refractivity contribution in [2.45, 2.75) is 52.1 Å². The maximum atomic E-state index is 11.4. The van der Waals surface area contributed by atoms with Crippen molar-refractivity contribution in [1.82, 2.24) is 5.32 Å². The third-order valence-electron chi connectivity index (χ3n) is 2.04. The Morgan fingerprint density at radius 2 is 1.94 bits per heavy atom. The van der Waals surface area contributed by atoms with Crippen LogP contribution in [0.3, 0.4) is 0 Å². The summed E-state index contributed by atoms with van der Waals surface area (Å²) in [6.07, 6.45) is 1.55. The molecular weight excluding hydrogens is 204 g/mol. The van der Waals surface area contributed by atoms with Crippen LogP contribution in [-0.2, 0) is 4.79 Å². The molecule has 0 bridgehead atoms. The van der Waals surface area contributed by atoms with E-state index in [1.807, 2.05) is 20.8 Å². The molecule has 0 saturated heterocycles. The van der Waals surface area contributed by atoms with Crippen LogP contribution < -0.4 is 16.8 Å². The van der Waals surface area contributed by atoms with Gasteiger partial charge < -0.3 is 16.8 Å². The van der Waals surface area contributed by atoms with E-state index in [9.17, 15) is 4.79 Å². The Bertz CT molecular complexity index is 251. The lowest BCUT2D eigenvalue weighted by molar-refractivity contribution is -0.119. The Labute approximate surface area is 97.7 Å². The summed E-state index contributed by atoms with van der Waals surface area (Å²) in [7, 11) is 0. The molecule has 0 saturated carbocycles. The van der Waals surface area contributed by atoms with Gasteiger partial charge in [-0.2, -0.15) is 0 Å². The summed E-state index contributed by atoms with van der Waals surface area (Å²) in [6, 6.07) is -0.116. The molecule has 0 aliphatic rings. The summed E-state index contributed by atoms with van der Waals surface area (Å²) >= 11 is 0. The standard InChI is InChI=1S/C11H24N4O/c1-8(16)9(15-11(2,3)4)6-5-7-14-10(12)13/h9,15H,5-7H2,1-4H3,(H4,12,13,14)/t9-/m0/s1. The molecule has 0 aliphatic heterocycles. The fraction of sp³-hybridized carbons (Fsp3) is 0.818. The zero-order valence-corrected chi connectivity index (χ0v) is 10.7. The van der Waals surface area contributed by atoms with Gasteiger partial charge in [0.1, 0.15) is 5.78 Å². The van der Waals surface area contributed by atoms with Crippen molar-refractivity contribution in [1.29, 1.82) is 0 Å². The van der Waals surface area contributed by atoms with Crippen molar-refractivity contribution in [3.05, 3.63) is 0 Å². The van der Waals surface area contributed by atoms with Gasteiger partial charge in [-0.3, -0.25) is 9.79 Å². The highest BCUT2D eigenvalue weighted by Gasteiger charge is 2.20. The van der Waals surface area contributed by atoms with Crippen molar-refractivity contribution in [3.8, 4) is 0 Å². The number of hydrogen-bond acceptors (Lipinski definition) is 3. The number of ketones is 1. The predicted molar refractivity (Wildman–Crippen MR) is 67.3 cm³/mol. The van der Waals surface area contributed by atoms with E-state index in [-0.39, 0.29) is 23.3 Å². The molecule has 1 atom stereocenters. The number of rotatable bonds is 6. The van der Waals surface area contributed by atoms with Gasteiger partial charge in [-0.25, -0.2) is 0 Å².